The summed E-state index contributed by atoms with van der Waals surface area (Å²) in [5, 5.41) is 0. The quantitative estimate of drug-likeness (QED) is 0.915. The number of likely N-dealkylation sites (tertiary alicyclic amines) is 1. The second-order valence-electron chi connectivity index (χ2n) is 4.90. The van der Waals surface area contributed by atoms with Crippen molar-refractivity contribution in [2.75, 3.05) is 13.1 Å². The van der Waals surface area contributed by atoms with Crippen molar-refractivity contribution >= 4 is 5.91 Å². The van der Waals surface area contributed by atoms with E-state index in [2.05, 4.69) is 0 Å². The van der Waals surface area contributed by atoms with Gasteiger partial charge in [-0.15, -0.1) is 0 Å². The highest BCUT2D eigenvalue weighted by atomic mass is 19.2. The summed E-state index contributed by atoms with van der Waals surface area (Å²) in [6.45, 7) is 2.67. The van der Waals surface area contributed by atoms with Gasteiger partial charge in [0.15, 0.2) is 17.7 Å². The Balaban J connectivity index is 2.02. The standard InChI is InChI=1S/C14H18F2N2O2/c1-9(14(19)18-6-2-3-10(18)8-17)20-11-4-5-12(15)13(16)7-11/h4-5,7,9-10H,2-3,6,8,17H2,1H3/t9-,10+/m0/s1. The molecule has 1 aliphatic heterocycles. The zero-order valence-electron chi connectivity index (χ0n) is 11.3. The first kappa shape index (κ1) is 14.7. The number of benzene rings is 1. The third kappa shape index (κ3) is 3.07. The van der Waals surface area contributed by atoms with Crippen molar-refractivity contribution in [3.8, 4) is 5.75 Å². The van der Waals surface area contributed by atoms with Crippen LogP contribution in [-0.4, -0.2) is 36.0 Å². The Kier molecular flexibility index (Phi) is 4.54. The summed E-state index contributed by atoms with van der Waals surface area (Å²) in [6.07, 6.45) is 1.05. The SMILES string of the molecule is C[C@H](Oc1ccc(F)c(F)c1)C(=O)N1CCC[C@@H]1CN. The number of nitrogens with zero attached hydrogens (tertiary/aromatic N) is 1. The maximum absolute atomic E-state index is 13.1. The second kappa shape index (κ2) is 6.17. The van der Waals surface area contributed by atoms with Crippen LogP contribution in [0.2, 0.25) is 0 Å². The van der Waals surface area contributed by atoms with Crippen LogP contribution in [-0.2, 0) is 4.79 Å². The van der Waals surface area contributed by atoms with Crippen LogP contribution in [0.4, 0.5) is 8.78 Å². The molecule has 6 heteroatoms. The average molecular weight is 284 g/mol. The fraction of sp³-hybridized carbons (Fsp3) is 0.500. The molecule has 0 bridgehead atoms. The molecule has 20 heavy (non-hydrogen) atoms. The molecule has 1 saturated heterocycles. The number of nitrogens with two attached hydrogens (primary N) is 1. The van der Waals surface area contributed by atoms with Gasteiger partial charge in [0.05, 0.1) is 0 Å². The van der Waals surface area contributed by atoms with Gasteiger partial charge in [-0.3, -0.25) is 4.79 Å². The molecule has 0 spiro atoms. The van der Waals surface area contributed by atoms with Gasteiger partial charge >= 0.3 is 0 Å². The number of carbonyl (C=O) groups is 1. The van der Waals surface area contributed by atoms with Crippen LogP contribution >= 0.6 is 0 Å². The first-order valence-electron chi connectivity index (χ1n) is 6.65. The molecule has 0 radical (unpaired) electrons. The lowest BCUT2D eigenvalue weighted by Crippen LogP contribution is -2.45. The monoisotopic (exact) mass is 284 g/mol. The highest BCUT2D eigenvalue weighted by molar-refractivity contribution is 5.81. The van der Waals surface area contributed by atoms with Crippen molar-refractivity contribution in [2.24, 2.45) is 5.73 Å². The van der Waals surface area contributed by atoms with E-state index in [-0.39, 0.29) is 17.7 Å². The van der Waals surface area contributed by atoms with Crippen molar-refractivity contribution in [2.45, 2.75) is 31.9 Å². The maximum Gasteiger partial charge on any atom is 0.263 e. The summed E-state index contributed by atoms with van der Waals surface area (Å²) in [7, 11) is 0. The minimum absolute atomic E-state index is 0.0403. The zero-order valence-corrected chi connectivity index (χ0v) is 11.3. The molecule has 1 heterocycles. The minimum Gasteiger partial charge on any atom is -0.481 e. The van der Waals surface area contributed by atoms with Crippen LogP contribution in [0.15, 0.2) is 18.2 Å². The largest absolute Gasteiger partial charge is 0.481 e. The highest BCUT2D eigenvalue weighted by Crippen LogP contribution is 2.20. The van der Waals surface area contributed by atoms with Gasteiger partial charge in [-0.05, 0) is 31.9 Å². The summed E-state index contributed by atoms with van der Waals surface area (Å²) in [4.78, 5) is 13.9. The lowest BCUT2D eigenvalue weighted by atomic mass is 10.2. The van der Waals surface area contributed by atoms with E-state index in [1.54, 1.807) is 11.8 Å². The molecule has 0 saturated carbocycles. The predicted octanol–water partition coefficient (Wildman–Crippen LogP) is 1.68. The summed E-state index contributed by atoms with van der Waals surface area (Å²) in [5.74, 6) is -1.99. The fourth-order valence-electron chi connectivity index (χ4n) is 2.41. The number of hydrogen-bond donors (Lipinski definition) is 1. The van der Waals surface area contributed by atoms with Crippen LogP contribution in [0.1, 0.15) is 19.8 Å². The van der Waals surface area contributed by atoms with Crippen molar-refractivity contribution in [3.05, 3.63) is 29.8 Å². The van der Waals surface area contributed by atoms with Crippen LogP contribution in [0.3, 0.4) is 0 Å². The fourth-order valence-corrected chi connectivity index (χ4v) is 2.41. The Morgan fingerprint density at radius 3 is 2.90 bits per heavy atom. The summed E-state index contributed by atoms with van der Waals surface area (Å²) in [6, 6.07) is 3.25. The molecular formula is C14H18F2N2O2. The van der Waals surface area contributed by atoms with Crippen LogP contribution in [0, 0.1) is 11.6 Å². The topological polar surface area (TPSA) is 55.6 Å². The average Bonchev–Trinajstić information content (AvgIpc) is 2.90. The van der Waals surface area contributed by atoms with E-state index in [0.717, 1.165) is 25.0 Å². The lowest BCUT2D eigenvalue weighted by Gasteiger charge is -2.26. The Morgan fingerprint density at radius 2 is 2.25 bits per heavy atom. The zero-order chi connectivity index (χ0) is 14.7. The first-order chi connectivity index (χ1) is 9.52. The van der Waals surface area contributed by atoms with Gasteiger partial charge in [-0.1, -0.05) is 0 Å². The molecular weight excluding hydrogens is 266 g/mol. The summed E-state index contributed by atoms with van der Waals surface area (Å²) >= 11 is 0. The van der Waals surface area contributed by atoms with Crippen molar-refractivity contribution in [1.29, 1.82) is 0 Å². The number of rotatable bonds is 4. The Labute approximate surface area is 116 Å². The molecule has 2 rings (SSSR count). The molecule has 2 N–H and O–H groups in total. The van der Waals surface area contributed by atoms with E-state index in [0.29, 0.717) is 13.1 Å². The molecule has 1 fully saturated rings. The van der Waals surface area contributed by atoms with Gasteiger partial charge in [0.25, 0.3) is 5.91 Å². The van der Waals surface area contributed by atoms with Crippen molar-refractivity contribution in [1.82, 2.24) is 4.90 Å². The smallest absolute Gasteiger partial charge is 0.263 e. The third-order valence-electron chi connectivity index (χ3n) is 3.48. The lowest BCUT2D eigenvalue weighted by molar-refractivity contribution is -0.138. The van der Waals surface area contributed by atoms with Gasteiger partial charge < -0.3 is 15.4 Å². The Bertz CT molecular complexity index is 496. The van der Waals surface area contributed by atoms with Crippen LogP contribution in [0.5, 0.6) is 5.75 Å². The van der Waals surface area contributed by atoms with E-state index in [9.17, 15) is 13.6 Å². The predicted molar refractivity (Wildman–Crippen MR) is 70.2 cm³/mol. The van der Waals surface area contributed by atoms with Gasteiger partial charge in [0.2, 0.25) is 0 Å². The van der Waals surface area contributed by atoms with Crippen molar-refractivity contribution in [3.63, 3.8) is 0 Å². The molecule has 2 atom stereocenters. The van der Waals surface area contributed by atoms with Gasteiger partial charge in [0.1, 0.15) is 5.75 Å². The molecule has 110 valence electrons. The highest BCUT2D eigenvalue weighted by Gasteiger charge is 2.31. The molecule has 0 aliphatic carbocycles. The third-order valence-corrected chi connectivity index (χ3v) is 3.48. The van der Waals surface area contributed by atoms with E-state index >= 15 is 0 Å². The van der Waals surface area contributed by atoms with Crippen LogP contribution in [0.25, 0.3) is 0 Å². The van der Waals surface area contributed by atoms with E-state index in [1.807, 2.05) is 0 Å². The van der Waals surface area contributed by atoms with Crippen LogP contribution < -0.4 is 10.5 Å². The first-order valence-corrected chi connectivity index (χ1v) is 6.65. The Morgan fingerprint density at radius 1 is 1.50 bits per heavy atom. The summed E-state index contributed by atoms with van der Waals surface area (Å²) < 4.78 is 31.3. The number of hydrogen-bond acceptors (Lipinski definition) is 3. The maximum atomic E-state index is 13.1. The van der Waals surface area contributed by atoms with E-state index in [4.69, 9.17) is 10.5 Å². The molecule has 0 unspecified atom stereocenters. The molecule has 0 aromatic heterocycles. The molecule has 1 aliphatic rings. The number of carbonyl (C=O) groups excluding carboxylic acids is 1. The number of halogens is 2. The Hall–Kier alpha value is -1.69. The number of ether oxygens (including phenoxy) is 1. The summed E-state index contributed by atoms with van der Waals surface area (Å²) in [5.41, 5.74) is 5.63. The second-order valence-corrected chi connectivity index (χ2v) is 4.90. The molecule has 1 aromatic carbocycles. The van der Waals surface area contributed by atoms with Gasteiger partial charge in [0, 0.05) is 25.2 Å². The van der Waals surface area contributed by atoms with E-state index in [1.165, 1.54) is 6.07 Å². The molecule has 1 aromatic rings. The minimum atomic E-state index is -0.997. The number of amides is 1. The molecule has 4 nitrogen and oxygen atoms in total. The van der Waals surface area contributed by atoms with E-state index < -0.39 is 17.7 Å². The molecule has 1 amide bonds. The van der Waals surface area contributed by atoms with Gasteiger partial charge in [-0.25, -0.2) is 8.78 Å². The normalized spacial score (nSPS) is 20.0. The van der Waals surface area contributed by atoms with Gasteiger partial charge in [-0.2, -0.15) is 0 Å². The van der Waals surface area contributed by atoms with Crippen molar-refractivity contribution < 1.29 is 18.3 Å².